The van der Waals surface area contributed by atoms with Crippen LogP contribution in [0.4, 0.5) is 4.39 Å². The first-order chi connectivity index (χ1) is 9.24. The summed E-state index contributed by atoms with van der Waals surface area (Å²) in [6.45, 7) is 0.536. The number of rotatable bonds is 3. The summed E-state index contributed by atoms with van der Waals surface area (Å²) in [5, 5.41) is 2.12. The fourth-order valence-corrected chi connectivity index (χ4v) is 4.25. The molecular weight excluding hydrogens is 281 g/mol. The molecule has 0 aliphatic carbocycles. The highest BCUT2D eigenvalue weighted by Crippen LogP contribution is 2.41. The molecule has 1 atom stereocenters. The molecule has 1 aromatic heterocycles. The van der Waals surface area contributed by atoms with E-state index < -0.39 is 0 Å². The predicted octanol–water partition coefficient (Wildman–Crippen LogP) is 3.66. The fraction of sp³-hybridized carbons (Fsp3) is 0.214. The van der Waals surface area contributed by atoms with E-state index in [0.29, 0.717) is 12.3 Å². The second kappa shape index (κ2) is 5.35. The Morgan fingerprint density at radius 1 is 1.26 bits per heavy atom. The molecule has 0 spiro atoms. The minimum Gasteiger partial charge on any atom is -0.321 e. The summed E-state index contributed by atoms with van der Waals surface area (Å²) in [6.07, 6.45) is 0. The zero-order chi connectivity index (χ0) is 13.2. The Balaban J connectivity index is 1.81. The normalized spacial score (nSPS) is 19.1. The quantitative estimate of drug-likeness (QED) is 0.860. The van der Waals surface area contributed by atoms with Gasteiger partial charge in [-0.2, -0.15) is 0 Å². The molecule has 2 nitrogen and oxygen atoms in total. The number of benzene rings is 1. The minimum atomic E-state index is -0.249. The highest BCUT2D eigenvalue weighted by molar-refractivity contribution is 8.00. The lowest BCUT2D eigenvalue weighted by Gasteiger charge is -2.23. The SMILES string of the molecule is O=C1CSC(c2cccs2)N1Cc1ccc(F)cc1. The summed E-state index contributed by atoms with van der Waals surface area (Å²) >= 11 is 3.32. The summed E-state index contributed by atoms with van der Waals surface area (Å²) in [6, 6.07) is 10.4. The number of thiophene rings is 1. The van der Waals surface area contributed by atoms with Crippen LogP contribution in [0.3, 0.4) is 0 Å². The molecule has 98 valence electrons. The van der Waals surface area contributed by atoms with Crippen molar-refractivity contribution in [1.82, 2.24) is 4.90 Å². The van der Waals surface area contributed by atoms with Crippen molar-refractivity contribution in [3.05, 3.63) is 58.0 Å². The molecule has 0 radical (unpaired) electrons. The van der Waals surface area contributed by atoms with E-state index in [4.69, 9.17) is 0 Å². The van der Waals surface area contributed by atoms with Crippen LogP contribution in [0.5, 0.6) is 0 Å². The third-order valence-electron chi connectivity index (χ3n) is 3.02. The number of carbonyl (C=O) groups excluding carboxylic acids is 1. The monoisotopic (exact) mass is 293 g/mol. The smallest absolute Gasteiger partial charge is 0.234 e. The average molecular weight is 293 g/mol. The Morgan fingerprint density at radius 3 is 2.74 bits per heavy atom. The van der Waals surface area contributed by atoms with Gasteiger partial charge < -0.3 is 4.90 Å². The van der Waals surface area contributed by atoms with Gasteiger partial charge in [0.15, 0.2) is 0 Å². The van der Waals surface area contributed by atoms with E-state index in [-0.39, 0.29) is 17.1 Å². The number of hydrogen-bond acceptors (Lipinski definition) is 3. The molecular formula is C14H12FNOS2. The molecule has 0 N–H and O–H groups in total. The number of hydrogen-bond donors (Lipinski definition) is 0. The lowest BCUT2D eigenvalue weighted by molar-refractivity contribution is -0.128. The van der Waals surface area contributed by atoms with Gasteiger partial charge >= 0.3 is 0 Å². The van der Waals surface area contributed by atoms with Gasteiger partial charge in [-0.05, 0) is 29.1 Å². The minimum absolute atomic E-state index is 0.0950. The topological polar surface area (TPSA) is 20.3 Å². The Morgan fingerprint density at radius 2 is 2.05 bits per heavy atom. The zero-order valence-electron chi connectivity index (χ0n) is 10.1. The molecule has 1 aliphatic heterocycles. The van der Waals surface area contributed by atoms with E-state index in [1.54, 1.807) is 35.2 Å². The van der Waals surface area contributed by atoms with Gasteiger partial charge in [-0.1, -0.05) is 18.2 Å². The molecule has 2 aromatic rings. The van der Waals surface area contributed by atoms with Crippen molar-refractivity contribution in [2.75, 3.05) is 5.75 Å². The zero-order valence-corrected chi connectivity index (χ0v) is 11.7. The molecule has 3 rings (SSSR count). The van der Waals surface area contributed by atoms with Crippen molar-refractivity contribution in [2.45, 2.75) is 11.9 Å². The van der Waals surface area contributed by atoms with Crippen LogP contribution < -0.4 is 0 Å². The van der Waals surface area contributed by atoms with Crippen molar-refractivity contribution in [3.63, 3.8) is 0 Å². The molecule has 1 aliphatic rings. The number of halogens is 1. The first-order valence-electron chi connectivity index (χ1n) is 5.93. The van der Waals surface area contributed by atoms with Crippen LogP contribution >= 0.6 is 23.1 Å². The maximum atomic E-state index is 12.9. The Hall–Kier alpha value is -1.33. The molecule has 19 heavy (non-hydrogen) atoms. The van der Waals surface area contributed by atoms with E-state index in [1.807, 2.05) is 16.3 Å². The van der Waals surface area contributed by atoms with E-state index >= 15 is 0 Å². The number of carbonyl (C=O) groups is 1. The largest absolute Gasteiger partial charge is 0.321 e. The highest BCUT2D eigenvalue weighted by atomic mass is 32.2. The maximum Gasteiger partial charge on any atom is 0.234 e. The van der Waals surface area contributed by atoms with Crippen LogP contribution in [0.15, 0.2) is 41.8 Å². The highest BCUT2D eigenvalue weighted by Gasteiger charge is 2.33. The summed E-state index contributed by atoms with van der Waals surface area (Å²) in [5.41, 5.74) is 0.957. The first-order valence-corrected chi connectivity index (χ1v) is 7.86. The van der Waals surface area contributed by atoms with Crippen molar-refractivity contribution in [1.29, 1.82) is 0 Å². The predicted molar refractivity (Wildman–Crippen MR) is 76.5 cm³/mol. The van der Waals surface area contributed by atoms with Crippen molar-refractivity contribution in [3.8, 4) is 0 Å². The summed E-state index contributed by atoms with van der Waals surface area (Å²) < 4.78 is 12.9. The standard InChI is InChI=1S/C14H12FNOS2/c15-11-5-3-10(4-6-11)8-16-13(17)9-19-14(16)12-2-1-7-18-12/h1-7,14H,8-9H2. The Kier molecular flexibility index (Phi) is 3.57. The van der Waals surface area contributed by atoms with Gasteiger partial charge in [0, 0.05) is 11.4 Å². The molecule has 1 aromatic carbocycles. The number of amides is 1. The summed E-state index contributed by atoms with van der Waals surface area (Å²) in [4.78, 5) is 15.0. The van der Waals surface area contributed by atoms with E-state index in [0.717, 1.165) is 5.56 Å². The fourth-order valence-electron chi connectivity index (χ4n) is 2.08. The molecule has 1 amide bonds. The third-order valence-corrected chi connectivity index (χ3v) is 5.33. The molecule has 0 saturated carbocycles. The van der Waals surface area contributed by atoms with Gasteiger partial charge in [-0.25, -0.2) is 4.39 Å². The first kappa shape index (κ1) is 12.7. The maximum absolute atomic E-state index is 12.9. The molecule has 0 bridgehead atoms. The van der Waals surface area contributed by atoms with Crippen LogP contribution in [-0.2, 0) is 11.3 Å². The second-order valence-electron chi connectivity index (χ2n) is 4.33. The average Bonchev–Trinajstić information content (AvgIpc) is 3.03. The van der Waals surface area contributed by atoms with Crippen molar-refractivity contribution < 1.29 is 9.18 Å². The van der Waals surface area contributed by atoms with E-state index in [2.05, 4.69) is 6.07 Å². The van der Waals surface area contributed by atoms with Gasteiger partial charge in [0.1, 0.15) is 11.2 Å². The molecule has 1 unspecified atom stereocenters. The van der Waals surface area contributed by atoms with Gasteiger partial charge in [-0.3, -0.25) is 4.79 Å². The van der Waals surface area contributed by atoms with Gasteiger partial charge in [0.05, 0.1) is 5.75 Å². The third kappa shape index (κ3) is 2.67. The summed E-state index contributed by atoms with van der Waals surface area (Å²) in [7, 11) is 0. The lowest BCUT2D eigenvalue weighted by atomic mass is 10.2. The van der Waals surface area contributed by atoms with Gasteiger partial charge in [0.25, 0.3) is 0 Å². The van der Waals surface area contributed by atoms with Crippen LogP contribution in [0, 0.1) is 5.82 Å². The van der Waals surface area contributed by atoms with E-state index in [1.165, 1.54) is 17.0 Å². The van der Waals surface area contributed by atoms with Gasteiger partial charge in [0.2, 0.25) is 5.91 Å². The number of thioether (sulfide) groups is 1. The van der Waals surface area contributed by atoms with Gasteiger partial charge in [-0.15, -0.1) is 23.1 Å². The van der Waals surface area contributed by atoms with Crippen LogP contribution in [0.25, 0.3) is 0 Å². The molecule has 1 saturated heterocycles. The lowest BCUT2D eigenvalue weighted by Crippen LogP contribution is -2.27. The second-order valence-corrected chi connectivity index (χ2v) is 6.37. The number of nitrogens with zero attached hydrogens (tertiary/aromatic N) is 1. The van der Waals surface area contributed by atoms with Crippen molar-refractivity contribution >= 4 is 29.0 Å². The molecule has 2 heterocycles. The summed E-state index contributed by atoms with van der Waals surface area (Å²) in [5.74, 6) is 0.414. The molecule has 5 heteroatoms. The van der Waals surface area contributed by atoms with Crippen LogP contribution in [-0.4, -0.2) is 16.6 Å². The van der Waals surface area contributed by atoms with Crippen molar-refractivity contribution in [2.24, 2.45) is 0 Å². The van der Waals surface area contributed by atoms with Crippen LogP contribution in [0.2, 0.25) is 0 Å². The Bertz CT molecular complexity index is 568. The molecule has 1 fully saturated rings. The Labute approximate surface area is 119 Å². The van der Waals surface area contributed by atoms with E-state index in [9.17, 15) is 9.18 Å². The van der Waals surface area contributed by atoms with Crippen LogP contribution in [0.1, 0.15) is 15.8 Å².